The lowest BCUT2D eigenvalue weighted by molar-refractivity contribution is -0.123. The maximum atomic E-state index is 12.1. The van der Waals surface area contributed by atoms with Gasteiger partial charge in [0.1, 0.15) is 11.2 Å². The number of carbonyl (C=O) groups excluding carboxylic acids is 1. The first-order valence-electron chi connectivity index (χ1n) is 9.14. The summed E-state index contributed by atoms with van der Waals surface area (Å²) in [6.45, 7) is 0.691. The molecular formula is C19H23N3O2S. The average molecular weight is 357 g/mol. The van der Waals surface area contributed by atoms with E-state index >= 15 is 0 Å². The van der Waals surface area contributed by atoms with E-state index in [-0.39, 0.29) is 12.5 Å². The molecular weight excluding hydrogens is 334 g/mol. The number of nitrogens with zero attached hydrogens (tertiary/aromatic N) is 2. The van der Waals surface area contributed by atoms with E-state index in [1.165, 1.54) is 54.4 Å². The first kappa shape index (κ1) is 16.5. The highest BCUT2D eigenvalue weighted by Gasteiger charge is 2.22. The smallest absolute Gasteiger partial charge is 0.258 e. The van der Waals surface area contributed by atoms with Crippen LogP contribution in [-0.4, -0.2) is 29.0 Å². The van der Waals surface area contributed by atoms with Gasteiger partial charge in [-0.25, -0.2) is 9.97 Å². The number of rotatable bonds is 6. The maximum Gasteiger partial charge on any atom is 0.258 e. The first-order chi connectivity index (χ1) is 12.3. The van der Waals surface area contributed by atoms with Gasteiger partial charge in [0.2, 0.25) is 5.88 Å². The second kappa shape index (κ2) is 7.52. The molecule has 1 N–H and O–H groups in total. The molecule has 0 aromatic carbocycles. The van der Waals surface area contributed by atoms with Crippen molar-refractivity contribution in [2.45, 2.75) is 51.4 Å². The van der Waals surface area contributed by atoms with E-state index < -0.39 is 0 Å². The molecule has 5 nitrogen and oxygen atoms in total. The minimum Gasteiger partial charge on any atom is -0.467 e. The number of aromatic nitrogens is 2. The van der Waals surface area contributed by atoms with E-state index in [1.54, 1.807) is 11.3 Å². The summed E-state index contributed by atoms with van der Waals surface area (Å²) in [6, 6.07) is 0. The van der Waals surface area contributed by atoms with Crippen molar-refractivity contribution < 1.29 is 9.53 Å². The van der Waals surface area contributed by atoms with E-state index in [4.69, 9.17) is 4.74 Å². The van der Waals surface area contributed by atoms with Crippen LogP contribution in [0, 0.1) is 0 Å². The van der Waals surface area contributed by atoms with Crippen molar-refractivity contribution in [3.8, 4) is 5.88 Å². The zero-order chi connectivity index (χ0) is 17.1. The Morgan fingerprint density at radius 3 is 3.04 bits per heavy atom. The molecule has 0 fully saturated rings. The van der Waals surface area contributed by atoms with Crippen LogP contribution in [0.2, 0.25) is 0 Å². The predicted molar refractivity (Wildman–Crippen MR) is 99.1 cm³/mol. The van der Waals surface area contributed by atoms with Crippen molar-refractivity contribution in [1.82, 2.24) is 15.3 Å². The maximum absolute atomic E-state index is 12.1. The van der Waals surface area contributed by atoms with Crippen LogP contribution in [0.15, 0.2) is 18.0 Å². The van der Waals surface area contributed by atoms with Crippen LogP contribution in [0.5, 0.6) is 5.88 Å². The fourth-order valence-corrected chi connectivity index (χ4v) is 4.91. The summed E-state index contributed by atoms with van der Waals surface area (Å²) >= 11 is 1.73. The third kappa shape index (κ3) is 3.68. The number of ether oxygens (including phenoxy) is 1. The summed E-state index contributed by atoms with van der Waals surface area (Å²) in [6.07, 6.45) is 13.1. The highest BCUT2D eigenvalue weighted by molar-refractivity contribution is 7.18. The van der Waals surface area contributed by atoms with Crippen molar-refractivity contribution in [3.63, 3.8) is 0 Å². The highest BCUT2D eigenvalue weighted by atomic mass is 32.1. The number of nitrogens with one attached hydrogen (secondary N) is 1. The van der Waals surface area contributed by atoms with Crippen LogP contribution in [0.25, 0.3) is 10.2 Å². The first-order valence-corrected chi connectivity index (χ1v) is 9.95. The number of amides is 1. The Hall–Kier alpha value is -1.95. The van der Waals surface area contributed by atoms with E-state index in [0.717, 1.165) is 29.5 Å². The lowest BCUT2D eigenvalue weighted by Gasteiger charge is -2.13. The molecule has 0 spiro atoms. The summed E-state index contributed by atoms with van der Waals surface area (Å²) in [7, 11) is 0. The number of allylic oxidation sites excluding steroid dienone is 1. The van der Waals surface area contributed by atoms with Gasteiger partial charge in [0, 0.05) is 11.4 Å². The minimum atomic E-state index is -0.0879. The average Bonchev–Trinajstić information content (AvgIpc) is 3.22. The topological polar surface area (TPSA) is 64.1 Å². The van der Waals surface area contributed by atoms with E-state index in [9.17, 15) is 4.79 Å². The SMILES string of the molecule is O=C(COc1ncnc2sc3c(c12)CCC3)NCCC1=CCCCC1. The number of fused-ring (bicyclic) bond motifs is 3. The largest absolute Gasteiger partial charge is 0.467 e. The molecule has 0 unspecified atom stereocenters. The van der Waals surface area contributed by atoms with Crippen molar-refractivity contribution in [1.29, 1.82) is 0 Å². The summed E-state index contributed by atoms with van der Waals surface area (Å²) in [5, 5.41) is 3.96. The Balaban J connectivity index is 1.33. The summed E-state index contributed by atoms with van der Waals surface area (Å²) < 4.78 is 5.74. The van der Waals surface area contributed by atoms with Crippen LogP contribution >= 0.6 is 11.3 Å². The minimum absolute atomic E-state index is 0.00970. The quantitative estimate of drug-likeness (QED) is 0.803. The van der Waals surface area contributed by atoms with E-state index in [0.29, 0.717) is 12.4 Å². The number of aryl methyl sites for hydroxylation is 2. The molecule has 2 aliphatic carbocycles. The lowest BCUT2D eigenvalue weighted by Crippen LogP contribution is -2.30. The van der Waals surface area contributed by atoms with Crippen molar-refractivity contribution in [3.05, 3.63) is 28.4 Å². The fraction of sp³-hybridized carbons (Fsp3) is 0.526. The van der Waals surface area contributed by atoms with Gasteiger partial charge in [-0.15, -0.1) is 11.3 Å². The molecule has 0 radical (unpaired) electrons. The molecule has 0 aliphatic heterocycles. The number of thiophene rings is 1. The summed E-state index contributed by atoms with van der Waals surface area (Å²) in [5.41, 5.74) is 2.79. The van der Waals surface area contributed by atoms with Gasteiger partial charge >= 0.3 is 0 Å². The second-order valence-electron chi connectivity index (χ2n) is 6.71. The predicted octanol–water partition coefficient (Wildman–Crippen LogP) is 3.57. The standard InChI is InChI=1S/C19H23N3O2S/c23-16(20-10-9-13-5-2-1-3-6-13)11-24-18-17-14-7-4-8-15(14)25-19(17)22-12-21-18/h5,12H,1-4,6-11H2,(H,20,23). The van der Waals surface area contributed by atoms with E-state index in [1.807, 2.05) is 0 Å². The molecule has 0 bridgehead atoms. The van der Waals surface area contributed by atoms with Gasteiger partial charge in [-0.2, -0.15) is 0 Å². The third-order valence-electron chi connectivity index (χ3n) is 4.96. The molecule has 2 heterocycles. The number of hydrogen-bond donors (Lipinski definition) is 1. The molecule has 1 amide bonds. The molecule has 2 aromatic heterocycles. The van der Waals surface area contributed by atoms with Crippen LogP contribution in [0.4, 0.5) is 0 Å². The highest BCUT2D eigenvalue weighted by Crippen LogP contribution is 2.39. The monoisotopic (exact) mass is 357 g/mol. The molecule has 132 valence electrons. The molecule has 2 aliphatic rings. The van der Waals surface area contributed by atoms with Crippen LogP contribution in [0.1, 0.15) is 49.0 Å². The molecule has 25 heavy (non-hydrogen) atoms. The Labute approximate surface area is 151 Å². The molecule has 0 saturated heterocycles. The van der Waals surface area contributed by atoms with Crippen molar-refractivity contribution in [2.24, 2.45) is 0 Å². The van der Waals surface area contributed by atoms with Crippen LogP contribution in [0.3, 0.4) is 0 Å². The normalized spacial score (nSPS) is 16.6. The summed E-state index contributed by atoms with van der Waals surface area (Å²) in [4.78, 5) is 23.1. The number of carbonyl (C=O) groups is 1. The van der Waals surface area contributed by atoms with E-state index in [2.05, 4.69) is 21.4 Å². The van der Waals surface area contributed by atoms with Gasteiger partial charge in [-0.1, -0.05) is 11.6 Å². The van der Waals surface area contributed by atoms with Crippen molar-refractivity contribution >= 4 is 27.5 Å². The zero-order valence-corrected chi connectivity index (χ0v) is 15.2. The lowest BCUT2D eigenvalue weighted by atomic mass is 9.97. The molecule has 0 atom stereocenters. The Kier molecular flexibility index (Phi) is 4.97. The molecule has 2 aromatic rings. The Bertz CT molecular complexity index is 812. The fourth-order valence-electron chi connectivity index (χ4n) is 3.69. The Morgan fingerprint density at radius 2 is 2.16 bits per heavy atom. The number of hydrogen-bond acceptors (Lipinski definition) is 5. The van der Waals surface area contributed by atoms with Crippen LogP contribution in [-0.2, 0) is 17.6 Å². The van der Waals surface area contributed by atoms with Gasteiger partial charge in [-0.3, -0.25) is 4.79 Å². The molecule has 4 rings (SSSR count). The van der Waals surface area contributed by atoms with Gasteiger partial charge < -0.3 is 10.1 Å². The van der Waals surface area contributed by atoms with Gasteiger partial charge in [0.25, 0.3) is 5.91 Å². The van der Waals surface area contributed by atoms with Gasteiger partial charge in [0.15, 0.2) is 6.61 Å². The third-order valence-corrected chi connectivity index (χ3v) is 6.16. The zero-order valence-electron chi connectivity index (χ0n) is 14.3. The molecule has 0 saturated carbocycles. The second-order valence-corrected chi connectivity index (χ2v) is 7.80. The van der Waals surface area contributed by atoms with Crippen molar-refractivity contribution in [2.75, 3.05) is 13.2 Å². The molecule has 6 heteroatoms. The van der Waals surface area contributed by atoms with Gasteiger partial charge in [0.05, 0.1) is 5.39 Å². The Morgan fingerprint density at radius 1 is 1.20 bits per heavy atom. The summed E-state index contributed by atoms with van der Waals surface area (Å²) in [5.74, 6) is 0.463. The van der Waals surface area contributed by atoms with Gasteiger partial charge in [-0.05, 0) is 56.9 Å². The van der Waals surface area contributed by atoms with Crippen LogP contribution < -0.4 is 10.1 Å².